The molecule has 2 N–H and O–H groups in total. The Morgan fingerprint density at radius 3 is 2.92 bits per heavy atom. The Morgan fingerprint density at radius 1 is 1.42 bits per heavy atom. The largest absolute Gasteiger partial charge is 0.452 e. The van der Waals surface area contributed by atoms with Gasteiger partial charge in [-0.2, -0.15) is 4.57 Å². The minimum Gasteiger partial charge on any atom is -0.388 e. The smallest absolute Gasteiger partial charge is 0.388 e. The molecular formula is C9H11N2O+. The Balaban J connectivity index is 2.87. The average molecular weight is 163 g/mol. The van der Waals surface area contributed by atoms with E-state index in [9.17, 15) is 0 Å². The molecule has 0 spiro atoms. The number of fused-ring (bicyclic) bond motifs is 1. The number of hydrogen-bond acceptors (Lipinski definition) is 2. The van der Waals surface area contributed by atoms with Gasteiger partial charge in [-0.25, -0.2) is 0 Å². The Bertz CT molecular complexity index is 431. The van der Waals surface area contributed by atoms with Crippen LogP contribution in [0, 0.1) is 6.92 Å². The minimum atomic E-state index is 0.440. The van der Waals surface area contributed by atoms with Gasteiger partial charge in [0.25, 0.3) is 0 Å². The predicted molar refractivity (Wildman–Crippen MR) is 46.5 cm³/mol. The maximum absolute atomic E-state index is 5.60. The van der Waals surface area contributed by atoms with Crippen LogP contribution in [-0.4, -0.2) is 0 Å². The van der Waals surface area contributed by atoms with E-state index in [1.165, 1.54) is 5.56 Å². The molecule has 3 nitrogen and oxygen atoms in total. The molecule has 0 radical (unpaired) electrons. The summed E-state index contributed by atoms with van der Waals surface area (Å²) >= 11 is 0. The van der Waals surface area contributed by atoms with Gasteiger partial charge in [-0.15, -0.1) is 0 Å². The van der Waals surface area contributed by atoms with Gasteiger partial charge in [-0.05, 0) is 24.6 Å². The first-order valence-corrected chi connectivity index (χ1v) is 3.83. The topological polar surface area (TPSA) is 43.0 Å². The van der Waals surface area contributed by atoms with Gasteiger partial charge in [0.15, 0.2) is 11.1 Å². The highest BCUT2D eigenvalue weighted by Crippen LogP contribution is 2.15. The lowest BCUT2D eigenvalue weighted by atomic mass is 10.2. The van der Waals surface area contributed by atoms with Crippen LogP contribution in [-0.2, 0) is 7.05 Å². The zero-order chi connectivity index (χ0) is 8.72. The van der Waals surface area contributed by atoms with Gasteiger partial charge in [0.2, 0.25) is 0 Å². The number of hydrogen-bond donors (Lipinski definition) is 1. The van der Waals surface area contributed by atoms with Crippen molar-refractivity contribution in [3.05, 3.63) is 23.8 Å². The molecule has 3 heteroatoms. The highest BCUT2D eigenvalue weighted by Gasteiger charge is 2.11. The molecular weight excluding hydrogens is 152 g/mol. The first-order chi connectivity index (χ1) is 5.68. The van der Waals surface area contributed by atoms with Crippen LogP contribution in [0.1, 0.15) is 5.56 Å². The molecule has 0 aliphatic carbocycles. The molecule has 0 unspecified atom stereocenters. The second kappa shape index (κ2) is 2.24. The summed E-state index contributed by atoms with van der Waals surface area (Å²) in [5.41, 5.74) is 8.65. The molecule has 0 atom stereocenters. The molecule has 1 aromatic heterocycles. The summed E-state index contributed by atoms with van der Waals surface area (Å²) in [6.07, 6.45) is 0. The summed E-state index contributed by atoms with van der Waals surface area (Å²) < 4.78 is 7.15. The van der Waals surface area contributed by atoms with Crippen molar-refractivity contribution in [2.24, 2.45) is 7.05 Å². The normalized spacial score (nSPS) is 10.8. The van der Waals surface area contributed by atoms with Crippen molar-refractivity contribution in [1.82, 2.24) is 0 Å². The summed E-state index contributed by atoms with van der Waals surface area (Å²) in [6, 6.07) is 6.46. The fraction of sp³-hybridized carbons (Fsp3) is 0.222. The standard InChI is InChI=1S/C9H10N2O/c1-6-3-4-7-8(5-6)12-9(10)11(7)2/h3-5,10H,1-2H3/p+1. The molecule has 2 rings (SSSR count). The van der Waals surface area contributed by atoms with Crippen molar-refractivity contribution in [3.63, 3.8) is 0 Å². The van der Waals surface area contributed by atoms with Crippen LogP contribution < -0.4 is 10.3 Å². The number of nitrogens with two attached hydrogens (primary N) is 1. The highest BCUT2D eigenvalue weighted by molar-refractivity contribution is 5.70. The summed E-state index contributed by atoms with van der Waals surface area (Å²) in [6.45, 7) is 2.03. The molecule has 0 bridgehead atoms. The molecule has 0 saturated heterocycles. The summed E-state index contributed by atoms with van der Waals surface area (Å²) in [5, 5.41) is 0. The number of nitrogens with zero attached hydrogens (tertiary/aromatic N) is 1. The molecule has 12 heavy (non-hydrogen) atoms. The van der Waals surface area contributed by atoms with Gasteiger partial charge < -0.3 is 4.42 Å². The number of rotatable bonds is 0. The predicted octanol–water partition coefficient (Wildman–Crippen LogP) is 1.15. The second-order valence-electron chi connectivity index (χ2n) is 2.97. The molecule has 0 amide bonds. The van der Waals surface area contributed by atoms with E-state index >= 15 is 0 Å². The van der Waals surface area contributed by atoms with Crippen molar-refractivity contribution in [1.29, 1.82) is 0 Å². The monoisotopic (exact) mass is 163 g/mol. The Kier molecular flexibility index (Phi) is 1.33. The second-order valence-corrected chi connectivity index (χ2v) is 2.97. The van der Waals surface area contributed by atoms with Gasteiger partial charge in [-0.3, -0.25) is 5.73 Å². The SMILES string of the molecule is Cc1ccc2c(c1)oc(N)[n+]2C. The lowest BCUT2D eigenvalue weighted by molar-refractivity contribution is -0.633. The van der Waals surface area contributed by atoms with E-state index in [1.54, 1.807) is 0 Å². The Labute approximate surface area is 70.4 Å². The van der Waals surface area contributed by atoms with Crippen molar-refractivity contribution in [2.45, 2.75) is 6.92 Å². The fourth-order valence-corrected chi connectivity index (χ4v) is 1.28. The van der Waals surface area contributed by atoms with Crippen molar-refractivity contribution in [3.8, 4) is 0 Å². The molecule has 2 aromatic rings. The minimum absolute atomic E-state index is 0.440. The van der Waals surface area contributed by atoms with Crippen LogP contribution in [0.3, 0.4) is 0 Å². The van der Waals surface area contributed by atoms with Gasteiger partial charge in [-0.1, -0.05) is 6.07 Å². The average Bonchev–Trinajstić information content (AvgIpc) is 2.28. The number of benzene rings is 1. The zero-order valence-corrected chi connectivity index (χ0v) is 7.16. The van der Waals surface area contributed by atoms with Crippen molar-refractivity contribution in [2.75, 3.05) is 5.73 Å². The molecule has 0 saturated carbocycles. The maximum Gasteiger partial charge on any atom is 0.452 e. The zero-order valence-electron chi connectivity index (χ0n) is 7.16. The first-order valence-electron chi connectivity index (χ1n) is 3.83. The Hall–Kier alpha value is -1.51. The van der Waals surface area contributed by atoms with Crippen LogP contribution in [0.15, 0.2) is 22.6 Å². The van der Waals surface area contributed by atoms with E-state index in [-0.39, 0.29) is 0 Å². The number of aromatic nitrogens is 1. The van der Waals surface area contributed by atoms with Gasteiger partial charge in [0.05, 0.1) is 7.05 Å². The van der Waals surface area contributed by atoms with E-state index in [0.717, 1.165) is 11.1 Å². The van der Waals surface area contributed by atoms with Crippen LogP contribution in [0.2, 0.25) is 0 Å². The summed E-state index contributed by atoms with van der Waals surface area (Å²) in [7, 11) is 1.89. The Morgan fingerprint density at radius 2 is 2.17 bits per heavy atom. The van der Waals surface area contributed by atoms with Gasteiger partial charge in [0.1, 0.15) is 0 Å². The number of anilines is 1. The quantitative estimate of drug-likeness (QED) is 0.592. The van der Waals surface area contributed by atoms with Gasteiger partial charge in [0, 0.05) is 0 Å². The maximum atomic E-state index is 5.60. The molecule has 0 fully saturated rings. The number of aryl methyl sites for hydroxylation is 2. The van der Waals surface area contributed by atoms with E-state index in [1.807, 2.05) is 36.7 Å². The lowest BCUT2D eigenvalue weighted by Crippen LogP contribution is -2.29. The molecule has 1 heterocycles. The first kappa shape index (κ1) is 7.16. The van der Waals surface area contributed by atoms with Gasteiger partial charge >= 0.3 is 6.01 Å². The molecule has 62 valence electrons. The third-order valence-electron chi connectivity index (χ3n) is 2.02. The fourth-order valence-electron chi connectivity index (χ4n) is 1.28. The van der Waals surface area contributed by atoms with Crippen LogP contribution in [0.25, 0.3) is 11.1 Å². The van der Waals surface area contributed by atoms with E-state index < -0.39 is 0 Å². The van der Waals surface area contributed by atoms with Crippen LogP contribution in [0.5, 0.6) is 0 Å². The third-order valence-corrected chi connectivity index (χ3v) is 2.02. The van der Waals surface area contributed by atoms with Crippen molar-refractivity contribution < 1.29 is 8.98 Å². The number of nitrogen functional groups attached to an aromatic ring is 1. The molecule has 1 aromatic carbocycles. The van der Waals surface area contributed by atoms with Crippen molar-refractivity contribution >= 4 is 17.1 Å². The van der Waals surface area contributed by atoms with E-state index in [0.29, 0.717) is 6.01 Å². The highest BCUT2D eigenvalue weighted by atomic mass is 16.4. The van der Waals surface area contributed by atoms with Crippen LogP contribution in [0.4, 0.5) is 6.01 Å². The summed E-state index contributed by atoms with van der Waals surface area (Å²) in [4.78, 5) is 0. The third kappa shape index (κ3) is 0.863. The summed E-state index contributed by atoms with van der Waals surface area (Å²) in [5.74, 6) is 0. The lowest BCUT2D eigenvalue weighted by Gasteiger charge is -1.88. The van der Waals surface area contributed by atoms with E-state index in [2.05, 4.69) is 0 Å². The van der Waals surface area contributed by atoms with E-state index in [4.69, 9.17) is 10.2 Å². The number of oxazole rings is 1. The molecule has 0 aliphatic rings. The molecule has 0 aliphatic heterocycles. The van der Waals surface area contributed by atoms with Crippen LogP contribution >= 0.6 is 0 Å².